The number of benzene rings is 2. The van der Waals surface area contributed by atoms with Gasteiger partial charge in [-0.05, 0) is 18.2 Å². The Bertz CT molecular complexity index is 899. The predicted molar refractivity (Wildman–Crippen MR) is 84.6 cm³/mol. The predicted octanol–water partition coefficient (Wildman–Crippen LogP) is 2.83. The maximum Gasteiger partial charge on any atom is 0.573 e. The van der Waals surface area contributed by atoms with E-state index in [0.29, 0.717) is 30.3 Å². The number of halogens is 3. The molecule has 0 aromatic heterocycles. The van der Waals surface area contributed by atoms with Crippen molar-refractivity contribution in [2.45, 2.75) is 17.8 Å². The fourth-order valence-corrected chi connectivity index (χ4v) is 3.54. The molecule has 26 heavy (non-hydrogen) atoms. The van der Waals surface area contributed by atoms with Crippen LogP contribution in [-0.2, 0) is 16.6 Å². The van der Waals surface area contributed by atoms with Crippen LogP contribution in [0.5, 0.6) is 17.2 Å². The van der Waals surface area contributed by atoms with Gasteiger partial charge in [0, 0.05) is 12.1 Å². The molecule has 0 amide bonds. The van der Waals surface area contributed by atoms with Gasteiger partial charge in [0.1, 0.15) is 23.9 Å². The van der Waals surface area contributed by atoms with E-state index in [1.807, 2.05) is 0 Å². The topological polar surface area (TPSA) is 73.9 Å². The lowest BCUT2D eigenvalue weighted by molar-refractivity contribution is -0.275. The minimum absolute atomic E-state index is 0.185. The molecule has 3 rings (SSSR count). The van der Waals surface area contributed by atoms with Crippen molar-refractivity contribution in [1.82, 2.24) is 4.72 Å². The lowest BCUT2D eigenvalue weighted by atomic mass is 10.2. The normalized spacial score (nSPS) is 14.1. The van der Waals surface area contributed by atoms with Crippen LogP contribution in [0.3, 0.4) is 0 Å². The SMILES string of the molecule is O=S(=O)(NCc1cccc2c1OCCO2)c1ccccc1OC(F)(F)F. The number of sulfonamides is 1. The number of alkyl halides is 3. The summed E-state index contributed by atoms with van der Waals surface area (Å²) in [6, 6.07) is 9.50. The van der Waals surface area contributed by atoms with Gasteiger partial charge < -0.3 is 14.2 Å². The van der Waals surface area contributed by atoms with E-state index in [9.17, 15) is 21.6 Å². The largest absolute Gasteiger partial charge is 0.573 e. The van der Waals surface area contributed by atoms with Crippen LogP contribution in [-0.4, -0.2) is 28.0 Å². The summed E-state index contributed by atoms with van der Waals surface area (Å²) in [5, 5.41) is 0. The van der Waals surface area contributed by atoms with Gasteiger partial charge in [0.25, 0.3) is 0 Å². The fraction of sp³-hybridized carbons (Fsp3) is 0.250. The van der Waals surface area contributed by atoms with Crippen LogP contribution in [0.1, 0.15) is 5.56 Å². The number of rotatable bonds is 5. The Morgan fingerprint density at radius 2 is 1.77 bits per heavy atom. The van der Waals surface area contributed by atoms with Gasteiger partial charge in [0.2, 0.25) is 10.0 Å². The molecule has 1 N–H and O–H groups in total. The Morgan fingerprint density at radius 3 is 2.54 bits per heavy atom. The third-order valence-electron chi connectivity index (χ3n) is 3.46. The second-order valence-electron chi connectivity index (χ2n) is 5.26. The van der Waals surface area contributed by atoms with E-state index >= 15 is 0 Å². The van der Waals surface area contributed by atoms with E-state index < -0.39 is 27.0 Å². The first-order valence-electron chi connectivity index (χ1n) is 7.48. The van der Waals surface area contributed by atoms with Crippen LogP contribution in [0.25, 0.3) is 0 Å². The molecule has 1 aliphatic rings. The first kappa shape index (κ1) is 18.3. The summed E-state index contributed by atoms with van der Waals surface area (Å²) in [5.74, 6) is 0.0807. The third kappa shape index (κ3) is 4.20. The molecule has 0 radical (unpaired) electrons. The maximum atomic E-state index is 12.5. The fourth-order valence-electron chi connectivity index (χ4n) is 2.41. The first-order chi connectivity index (χ1) is 12.3. The molecule has 0 bridgehead atoms. The van der Waals surface area contributed by atoms with Crippen molar-refractivity contribution in [3.8, 4) is 17.2 Å². The van der Waals surface area contributed by atoms with Crippen molar-refractivity contribution in [3.63, 3.8) is 0 Å². The molecule has 0 saturated heterocycles. The zero-order valence-electron chi connectivity index (χ0n) is 13.2. The van der Waals surface area contributed by atoms with Gasteiger partial charge in [0.05, 0.1) is 0 Å². The van der Waals surface area contributed by atoms with Gasteiger partial charge in [-0.15, -0.1) is 13.2 Å². The van der Waals surface area contributed by atoms with Crippen molar-refractivity contribution in [2.75, 3.05) is 13.2 Å². The molecule has 1 aliphatic heterocycles. The van der Waals surface area contributed by atoms with Crippen LogP contribution in [0.4, 0.5) is 13.2 Å². The molecule has 6 nitrogen and oxygen atoms in total. The highest BCUT2D eigenvalue weighted by Gasteiger charge is 2.34. The molecule has 0 fully saturated rings. The quantitative estimate of drug-likeness (QED) is 0.851. The Morgan fingerprint density at radius 1 is 1.04 bits per heavy atom. The summed E-state index contributed by atoms with van der Waals surface area (Å²) < 4.78 is 79.3. The monoisotopic (exact) mass is 389 g/mol. The highest BCUT2D eigenvalue weighted by molar-refractivity contribution is 7.89. The molecule has 1 heterocycles. The number of hydrogen-bond acceptors (Lipinski definition) is 5. The average molecular weight is 389 g/mol. The minimum Gasteiger partial charge on any atom is -0.486 e. The van der Waals surface area contributed by atoms with Gasteiger partial charge in [-0.25, -0.2) is 13.1 Å². The van der Waals surface area contributed by atoms with Gasteiger partial charge in [-0.2, -0.15) is 0 Å². The lowest BCUT2D eigenvalue weighted by Gasteiger charge is -2.21. The molecule has 0 spiro atoms. The first-order valence-corrected chi connectivity index (χ1v) is 8.96. The van der Waals surface area contributed by atoms with Crippen molar-refractivity contribution in [2.24, 2.45) is 0 Å². The van der Waals surface area contributed by atoms with Crippen molar-refractivity contribution in [3.05, 3.63) is 48.0 Å². The highest BCUT2D eigenvalue weighted by atomic mass is 32.2. The van der Waals surface area contributed by atoms with Gasteiger partial charge >= 0.3 is 6.36 Å². The van der Waals surface area contributed by atoms with Crippen LogP contribution < -0.4 is 18.9 Å². The smallest absolute Gasteiger partial charge is 0.486 e. The summed E-state index contributed by atoms with van der Waals surface area (Å²) in [7, 11) is -4.26. The van der Waals surface area contributed by atoms with Crippen molar-refractivity contribution >= 4 is 10.0 Å². The lowest BCUT2D eigenvalue weighted by Crippen LogP contribution is -2.26. The Hall–Kier alpha value is -2.46. The standard InChI is InChI=1S/C16H14F3NO5S/c17-16(18,19)25-12-5-1-2-7-14(12)26(21,22)20-10-11-4-3-6-13-15(11)24-9-8-23-13/h1-7,20H,8-10H2. The van der Waals surface area contributed by atoms with E-state index in [1.165, 1.54) is 12.1 Å². The maximum absolute atomic E-state index is 12.5. The Labute approximate surface area is 147 Å². The molecular weight excluding hydrogens is 375 g/mol. The van der Waals surface area contributed by atoms with Gasteiger partial charge in [0.15, 0.2) is 11.5 Å². The molecule has 0 unspecified atom stereocenters. The number of para-hydroxylation sites is 2. The zero-order chi connectivity index (χ0) is 18.8. The molecule has 2 aromatic carbocycles. The molecule has 0 atom stereocenters. The summed E-state index contributed by atoms with van der Waals surface area (Å²) in [6.45, 7) is 0.512. The third-order valence-corrected chi connectivity index (χ3v) is 4.91. The van der Waals surface area contributed by atoms with Crippen LogP contribution in [0, 0.1) is 0 Å². The summed E-state index contributed by atoms with van der Waals surface area (Å²) >= 11 is 0. The van der Waals surface area contributed by atoms with E-state index in [4.69, 9.17) is 9.47 Å². The van der Waals surface area contributed by atoms with Crippen molar-refractivity contribution in [1.29, 1.82) is 0 Å². The second-order valence-corrected chi connectivity index (χ2v) is 7.00. The molecular formula is C16H14F3NO5S. The number of fused-ring (bicyclic) bond motifs is 1. The Balaban J connectivity index is 1.83. The minimum atomic E-state index is -5.00. The van der Waals surface area contributed by atoms with E-state index in [-0.39, 0.29) is 6.54 Å². The molecule has 0 aliphatic carbocycles. The zero-order valence-corrected chi connectivity index (χ0v) is 14.1. The van der Waals surface area contributed by atoms with E-state index in [2.05, 4.69) is 9.46 Å². The number of nitrogens with one attached hydrogen (secondary N) is 1. The molecule has 10 heteroatoms. The number of hydrogen-bond donors (Lipinski definition) is 1. The average Bonchev–Trinajstić information content (AvgIpc) is 2.59. The molecule has 0 saturated carbocycles. The van der Waals surface area contributed by atoms with Gasteiger partial charge in [-0.1, -0.05) is 24.3 Å². The number of ether oxygens (including phenoxy) is 3. The summed E-state index contributed by atoms with van der Waals surface area (Å²) in [6.07, 6.45) is -5.00. The van der Waals surface area contributed by atoms with Gasteiger partial charge in [-0.3, -0.25) is 0 Å². The summed E-state index contributed by atoms with van der Waals surface area (Å²) in [5.41, 5.74) is 0.500. The summed E-state index contributed by atoms with van der Waals surface area (Å²) in [4.78, 5) is -0.612. The van der Waals surface area contributed by atoms with E-state index in [0.717, 1.165) is 12.1 Å². The van der Waals surface area contributed by atoms with Crippen LogP contribution >= 0.6 is 0 Å². The second kappa shape index (κ2) is 7.04. The molecule has 2 aromatic rings. The highest BCUT2D eigenvalue weighted by Crippen LogP contribution is 2.34. The van der Waals surface area contributed by atoms with Crippen molar-refractivity contribution < 1.29 is 35.8 Å². The van der Waals surface area contributed by atoms with E-state index in [1.54, 1.807) is 18.2 Å². The molecule has 140 valence electrons. The Kier molecular flexibility index (Phi) is 4.97. The van der Waals surface area contributed by atoms with Crippen LogP contribution in [0.2, 0.25) is 0 Å². The van der Waals surface area contributed by atoms with Crippen LogP contribution in [0.15, 0.2) is 47.4 Å².